The molecule has 8 nitrogen and oxygen atoms in total. The van der Waals surface area contributed by atoms with Crippen LogP contribution in [-0.4, -0.2) is 34.8 Å². The molecule has 2 amide bonds. The topological polar surface area (TPSA) is 89.7 Å². The Balaban J connectivity index is 1.58. The molecule has 4 aromatic rings. The second-order valence-electron chi connectivity index (χ2n) is 8.57. The number of carbonyl (C=O) groups excluding carboxylic acids is 1. The molecule has 0 spiro atoms. The van der Waals surface area contributed by atoms with Crippen LogP contribution < -0.4 is 14.8 Å². The van der Waals surface area contributed by atoms with Gasteiger partial charge in [-0.25, -0.2) is 4.79 Å². The lowest BCUT2D eigenvalue weighted by Gasteiger charge is -2.35. The number of benzene rings is 3. The standard InChI is InChI=1S/C29H28N4O4/c1-4-36-23-16-14-20(15-17-23)26-25(28-31-27(32-37-28)21-10-6-5-7-11-21)19(2)33(29(34)30-26)18-22-12-8-9-13-24(22)35-3/h5-17,26H,4,18H2,1-3H3,(H,30,34). The zero-order valence-electron chi connectivity index (χ0n) is 21.0. The van der Waals surface area contributed by atoms with Crippen molar-refractivity contribution in [3.63, 3.8) is 0 Å². The van der Waals surface area contributed by atoms with E-state index < -0.39 is 6.04 Å². The molecule has 1 N–H and O–H groups in total. The van der Waals surface area contributed by atoms with Crippen molar-refractivity contribution in [3.8, 4) is 22.9 Å². The monoisotopic (exact) mass is 496 g/mol. The Morgan fingerprint density at radius 2 is 1.73 bits per heavy atom. The van der Waals surface area contributed by atoms with Crippen molar-refractivity contribution < 1.29 is 18.8 Å². The van der Waals surface area contributed by atoms with Crippen LogP contribution in [0.1, 0.15) is 36.9 Å². The molecule has 0 aliphatic carbocycles. The minimum absolute atomic E-state index is 0.228. The molecule has 1 unspecified atom stereocenters. The smallest absolute Gasteiger partial charge is 0.322 e. The van der Waals surface area contributed by atoms with Gasteiger partial charge in [0, 0.05) is 16.8 Å². The molecule has 0 saturated heterocycles. The van der Waals surface area contributed by atoms with Crippen LogP contribution in [0.5, 0.6) is 11.5 Å². The normalized spacial score (nSPS) is 15.5. The van der Waals surface area contributed by atoms with Gasteiger partial charge < -0.3 is 19.3 Å². The fourth-order valence-electron chi connectivity index (χ4n) is 4.46. The molecule has 37 heavy (non-hydrogen) atoms. The lowest BCUT2D eigenvalue weighted by atomic mass is 9.94. The molecule has 1 aliphatic rings. The van der Waals surface area contributed by atoms with Crippen LogP contribution in [0.2, 0.25) is 0 Å². The number of hydrogen-bond acceptors (Lipinski definition) is 6. The number of carbonyl (C=O) groups is 1. The Labute approximate surface area is 215 Å². The molecule has 8 heteroatoms. The third-order valence-electron chi connectivity index (χ3n) is 6.33. The Kier molecular flexibility index (Phi) is 6.89. The Bertz CT molecular complexity index is 1410. The zero-order chi connectivity index (χ0) is 25.8. The maximum Gasteiger partial charge on any atom is 0.322 e. The number of nitrogens with zero attached hydrogens (tertiary/aromatic N) is 3. The molecule has 3 aromatic carbocycles. The number of amides is 2. The highest BCUT2D eigenvalue weighted by Crippen LogP contribution is 2.38. The highest BCUT2D eigenvalue weighted by molar-refractivity contribution is 5.87. The van der Waals surface area contributed by atoms with Gasteiger partial charge in [0.1, 0.15) is 11.5 Å². The van der Waals surface area contributed by atoms with E-state index in [1.54, 1.807) is 12.0 Å². The van der Waals surface area contributed by atoms with Gasteiger partial charge in [0.2, 0.25) is 5.82 Å². The summed E-state index contributed by atoms with van der Waals surface area (Å²) in [6, 6.07) is 24.2. The van der Waals surface area contributed by atoms with Gasteiger partial charge in [0.05, 0.1) is 31.9 Å². The predicted molar refractivity (Wildman–Crippen MR) is 140 cm³/mol. The van der Waals surface area contributed by atoms with Gasteiger partial charge in [0.15, 0.2) is 0 Å². The summed E-state index contributed by atoms with van der Waals surface area (Å²) in [5, 5.41) is 7.37. The van der Waals surface area contributed by atoms with Crippen molar-refractivity contribution in [2.24, 2.45) is 0 Å². The van der Waals surface area contributed by atoms with Gasteiger partial charge in [-0.15, -0.1) is 0 Å². The molecule has 1 atom stereocenters. The Morgan fingerprint density at radius 1 is 1.00 bits per heavy atom. The van der Waals surface area contributed by atoms with E-state index in [9.17, 15) is 4.79 Å². The quantitative estimate of drug-likeness (QED) is 0.330. The fourth-order valence-corrected chi connectivity index (χ4v) is 4.46. The molecule has 0 fully saturated rings. The summed E-state index contributed by atoms with van der Waals surface area (Å²) in [4.78, 5) is 19.8. The lowest BCUT2D eigenvalue weighted by Crippen LogP contribution is -2.45. The number of methoxy groups -OCH3 is 1. The highest BCUT2D eigenvalue weighted by atomic mass is 16.5. The van der Waals surface area contributed by atoms with E-state index in [4.69, 9.17) is 19.0 Å². The van der Waals surface area contributed by atoms with Gasteiger partial charge >= 0.3 is 6.03 Å². The lowest BCUT2D eigenvalue weighted by molar-refractivity contribution is 0.202. The number of para-hydroxylation sites is 1. The van der Waals surface area contributed by atoms with Crippen LogP contribution in [0.25, 0.3) is 17.0 Å². The van der Waals surface area contributed by atoms with Gasteiger partial charge in [0.25, 0.3) is 5.89 Å². The maximum atomic E-state index is 13.4. The molecule has 2 heterocycles. The summed E-state index contributed by atoms with van der Waals surface area (Å²) in [6.07, 6.45) is 0. The third kappa shape index (κ3) is 4.91. The Morgan fingerprint density at radius 3 is 2.46 bits per heavy atom. The van der Waals surface area contributed by atoms with Crippen LogP contribution in [0.3, 0.4) is 0 Å². The summed E-state index contributed by atoms with van der Waals surface area (Å²) in [6.45, 7) is 4.74. The summed E-state index contributed by atoms with van der Waals surface area (Å²) in [5.41, 5.74) is 4.06. The van der Waals surface area contributed by atoms with Crippen LogP contribution in [-0.2, 0) is 6.54 Å². The van der Waals surface area contributed by atoms with Gasteiger partial charge in [-0.1, -0.05) is 65.8 Å². The minimum Gasteiger partial charge on any atom is -0.496 e. The molecule has 0 saturated carbocycles. The average Bonchev–Trinajstić information content (AvgIpc) is 3.42. The number of aromatic nitrogens is 2. The largest absolute Gasteiger partial charge is 0.496 e. The predicted octanol–water partition coefficient (Wildman–Crippen LogP) is 5.84. The van der Waals surface area contributed by atoms with E-state index in [2.05, 4.69) is 10.5 Å². The molecule has 1 aromatic heterocycles. The van der Waals surface area contributed by atoms with E-state index in [0.29, 0.717) is 30.6 Å². The van der Waals surface area contributed by atoms with Gasteiger partial charge in [-0.2, -0.15) is 4.98 Å². The number of rotatable bonds is 8. The van der Waals surface area contributed by atoms with Crippen molar-refractivity contribution in [3.05, 3.63) is 102 Å². The number of nitrogens with one attached hydrogen (secondary N) is 1. The number of allylic oxidation sites excluding steroid dienone is 1. The second-order valence-corrected chi connectivity index (χ2v) is 8.57. The first-order valence-electron chi connectivity index (χ1n) is 12.1. The van der Waals surface area contributed by atoms with Crippen molar-refractivity contribution in [2.75, 3.05) is 13.7 Å². The summed E-state index contributed by atoms with van der Waals surface area (Å²) >= 11 is 0. The van der Waals surface area contributed by atoms with Crippen molar-refractivity contribution in [2.45, 2.75) is 26.4 Å². The third-order valence-corrected chi connectivity index (χ3v) is 6.33. The first-order valence-corrected chi connectivity index (χ1v) is 12.1. The average molecular weight is 497 g/mol. The molecular formula is C29H28N4O4. The molecule has 0 bridgehead atoms. The first-order chi connectivity index (χ1) is 18.1. The molecular weight excluding hydrogens is 468 g/mol. The van der Waals surface area contributed by atoms with E-state index in [-0.39, 0.29) is 6.03 Å². The maximum absolute atomic E-state index is 13.4. The summed E-state index contributed by atoms with van der Waals surface area (Å²) in [5.74, 6) is 2.30. The van der Waals surface area contributed by atoms with Crippen LogP contribution in [0.15, 0.2) is 89.1 Å². The molecule has 5 rings (SSSR count). The number of hydrogen-bond donors (Lipinski definition) is 1. The number of urea groups is 1. The van der Waals surface area contributed by atoms with E-state index >= 15 is 0 Å². The van der Waals surface area contributed by atoms with Crippen LogP contribution >= 0.6 is 0 Å². The van der Waals surface area contributed by atoms with Crippen molar-refractivity contribution >= 4 is 11.6 Å². The second kappa shape index (κ2) is 10.6. The minimum atomic E-state index is -0.485. The van der Waals surface area contributed by atoms with E-state index in [0.717, 1.165) is 33.7 Å². The fraction of sp³-hybridized carbons (Fsp3) is 0.207. The van der Waals surface area contributed by atoms with Crippen molar-refractivity contribution in [1.82, 2.24) is 20.4 Å². The SMILES string of the molecule is CCOc1ccc(C2NC(=O)N(Cc3ccccc3OC)C(C)=C2c2nc(-c3ccccc3)no2)cc1. The van der Waals surface area contributed by atoms with Crippen LogP contribution in [0.4, 0.5) is 4.79 Å². The molecule has 188 valence electrons. The molecule has 0 radical (unpaired) electrons. The van der Waals surface area contributed by atoms with E-state index in [1.807, 2.05) is 92.7 Å². The summed E-state index contributed by atoms with van der Waals surface area (Å²) in [7, 11) is 1.62. The van der Waals surface area contributed by atoms with Gasteiger partial charge in [-0.3, -0.25) is 4.90 Å². The zero-order valence-corrected chi connectivity index (χ0v) is 21.0. The van der Waals surface area contributed by atoms with Crippen LogP contribution in [0, 0.1) is 0 Å². The molecule has 1 aliphatic heterocycles. The highest BCUT2D eigenvalue weighted by Gasteiger charge is 2.36. The van der Waals surface area contributed by atoms with Gasteiger partial charge in [-0.05, 0) is 37.6 Å². The summed E-state index contributed by atoms with van der Waals surface area (Å²) < 4.78 is 16.9. The Hall–Kier alpha value is -4.59. The number of ether oxygens (including phenoxy) is 2. The van der Waals surface area contributed by atoms with E-state index in [1.165, 1.54) is 0 Å². The van der Waals surface area contributed by atoms with Crippen molar-refractivity contribution in [1.29, 1.82) is 0 Å². The first kappa shape index (κ1) is 24.1.